The summed E-state index contributed by atoms with van der Waals surface area (Å²) in [6.45, 7) is 0. The number of aromatic nitrogens is 1. The smallest absolute Gasteiger partial charge is 0.144 e. The predicted molar refractivity (Wildman–Crippen MR) is 79.0 cm³/mol. The molecule has 0 amide bonds. The van der Waals surface area contributed by atoms with Gasteiger partial charge in [0.2, 0.25) is 0 Å². The second kappa shape index (κ2) is 5.23. The van der Waals surface area contributed by atoms with Gasteiger partial charge >= 0.3 is 0 Å². The minimum atomic E-state index is -0.521. The molecule has 0 bridgehead atoms. The van der Waals surface area contributed by atoms with Gasteiger partial charge in [-0.25, -0.2) is 0 Å². The lowest BCUT2D eigenvalue weighted by molar-refractivity contribution is 0.0633. The summed E-state index contributed by atoms with van der Waals surface area (Å²) in [5, 5.41) is 10.2. The number of pyridine rings is 1. The van der Waals surface area contributed by atoms with E-state index in [1.165, 1.54) is 0 Å². The Morgan fingerprint density at radius 1 is 1.26 bits per heavy atom. The highest BCUT2D eigenvalue weighted by molar-refractivity contribution is 9.11. The maximum Gasteiger partial charge on any atom is 0.144 e. The molecule has 2 heterocycles. The van der Waals surface area contributed by atoms with Gasteiger partial charge < -0.3 is 9.84 Å². The molecule has 0 fully saturated rings. The first-order valence-corrected chi connectivity index (χ1v) is 7.48. The maximum atomic E-state index is 10.2. The van der Waals surface area contributed by atoms with Crippen LogP contribution in [0.1, 0.15) is 29.9 Å². The molecule has 5 heteroatoms. The zero-order valence-corrected chi connectivity index (χ0v) is 13.1. The number of hydrogen-bond acceptors (Lipinski definition) is 3. The average molecular weight is 385 g/mol. The fraction of sp³-hybridized carbons (Fsp3) is 0.214. The Hall–Kier alpha value is -0.910. The van der Waals surface area contributed by atoms with Crippen molar-refractivity contribution in [3.05, 3.63) is 56.7 Å². The Bertz CT molecular complexity index is 618. The summed E-state index contributed by atoms with van der Waals surface area (Å²) in [6, 6.07) is 9.49. The van der Waals surface area contributed by atoms with Crippen molar-refractivity contribution in [3.8, 4) is 5.75 Å². The first kappa shape index (κ1) is 13.1. The number of benzene rings is 1. The van der Waals surface area contributed by atoms with Gasteiger partial charge in [-0.3, -0.25) is 4.98 Å². The Morgan fingerprint density at radius 2 is 2.05 bits per heavy atom. The number of para-hydroxylation sites is 1. The Balaban J connectivity index is 1.97. The highest BCUT2D eigenvalue weighted by atomic mass is 79.9. The van der Waals surface area contributed by atoms with Crippen LogP contribution < -0.4 is 4.74 Å². The van der Waals surface area contributed by atoms with Crippen LogP contribution in [0.3, 0.4) is 0 Å². The molecule has 1 aromatic heterocycles. The van der Waals surface area contributed by atoms with Gasteiger partial charge in [-0.2, -0.15) is 0 Å². The number of hydrogen-bond donors (Lipinski definition) is 1. The minimum Gasteiger partial charge on any atom is -0.484 e. The molecule has 98 valence electrons. The van der Waals surface area contributed by atoms with Crippen molar-refractivity contribution < 1.29 is 9.84 Å². The van der Waals surface area contributed by atoms with E-state index in [1.807, 2.05) is 30.3 Å². The van der Waals surface area contributed by atoms with Crippen molar-refractivity contribution in [1.82, 2.24) is 4.98 Å². The number of halogens is 2. The predicted octanol–water partition coefficient (Wildman–Crippen LogP) is 4.16. The summed E-state index contributed by atoms with van der Waals surface area (Å²) in [6.07, 6.45) is 1.47. The van der Waals surface area contributed by atoms with Crippen molar-refractivity contribution >= 4 is 31.9 Å². The number of nitrogens with zero attached hydrogens (tertiary/aromatic N) is 1. The van der Waals surface area contributed by atoms with Crippen LogP contribution in [0.15, 0.2) is 45.5 Å². The lowest BCUT2D eigenvalue weighted by atomic mass is 9.97. The van der Waals surface area contributed by atoms with Crippen LogP contribution in [-0.4, -0.2) is 10.1 Å². The molecular formula is C14H11Br2NO2. The highest BCUT2D eigenvalue weighted by Gasteiger charge is 2.29. The second-order valence-electron chi connectivity index (χ2n) is 4.42. The molecule has 0 aliphatic carbocycles. The second-order valence-corrected chi connectivity index (χ2v) is 6.19. The summed E-state index contributed by atoms with van der Waals surface area (Å²) in [5.41, 5.74) is 1.64. The monoisotopic (exact) mass is 383 g/mol. The SMILES string of the molecule is O[C@@H]1CC(c2ncc(Br)cc2Br)Oc2ccccc21. The number of rotatable bonds is 1. The fourth-order valence-corrected chi connectivity index (χ4v) is 3.47. The topological polar surface area (TPSA) is 42.4 Å². The minimum absolute atomic E-state index is 0.243. The van der Waals surface area contributed by atoms with Crippen LogP contribution in [0.4, 0.5) is 0 Å². The van der Waals surface area contributed by atoms with Crippen molar-refractivity contribution in [2.75, 3.05) is 0 Å². The zero-order valence-electron chi connectivity index (χ0n) is 9.88. The third kappa shape index (κ3) is 2.55. The summed E-state index contributed by atoms with van der Waals surface area (Å²) in [7, 11) is 0. The van der Waals surface area contributed by atoms with E-state index in [4.69, 9.17) is 4.74 Å². The van der Waals surface area contributed by atoms with E-state index in [0.29, 0.717) is 6.42 Å². The largest absolute Gasteiger partial charge is 0.484 e. The van der Waals surface area contributed by atoms with Crippen LogP contribution in [-0.2, 0) is 0 Å². The van der Waals surface area contributed by atoms with Crippen LogP contribution in [0, 0.1) is 0 Å². The highest BCUT2D eigenvalue weighted by Crippen LogP contribution is 2.41. The number of aliphatic hydroxyl groups excluding tert-OH is 1. The standard InChI is InChI=1S/C14H11Br2NO2/c15-8-5-10(16)14(17-7-8)13-6-11(18)9-3-1-2-4-12(9)19-13/h1-5,7,11,13,18H,6H2/t11-,13?/m1/s1. The fourth-order valence-electron chi connectivity index (χ4n) is 2.22. The van der Waals surface area contributed by atoms with Gasteiger partial charge in [-0.05, 0) is 44.0 Å². The van der Waals surface area contributed by atoms with Gasteiger partial charge in [-0.15, -0.1) is 0 Å². The van der Waals surface area contributed by atoms with Crippen LogP contribution in [0.25, 0.3) is 0 Å². The Labute approximate surface area is 127 Å². The van der Waals surface area contributed by atoms with Gasteiger partial charge in [0.15, 0.2) is 0 Å². The number of aliphatic hydroxyl groups is 1. The molecule has 1 aliphatic rings. The Morgan fingerprint density at radius 3 is 2.84 bits per heavy atom. The van der Waals surface area contributed by atoms with Crippen LogP contribution in [0.2, 0.25) is 0 Å². The lowest BCUT2D eigenvalue weighted by Crippen LogP contribution is -2.20. The molecule has 0 spiro atoms. The molecule has 3 nitrogen and oxygen atoms in total. The van der Waals surface area contributed by atoms with Gasteiger partial charge in [0.1, 0.15) is 11.9 Å². The maximum absolute atomic E-state index is 10.2. The zero-order chi connectivity index (χ0) is 13.4. The first-order chi connectivity index (χ1) is 9.15. The van der Waals surface area contributed by atoms with E-state index in [-0.39, 0.29) is 6.10 Å². The quantitative estimate of drug-likeness (QED) is 0.802. The first-order valence-electron chi connectivity index (χ1n) is 5.90. The molecule has 3 rings (SSSR count). The van der Waals surface area contributed by atoms with Gasteiger partial charge in [0, 0.05) is 27.1 Å². The number of ether oxygens (including phenoxy) is 1. The van der Waals surface area contributed by atoms with E-state index in [0.717, 1.165) is 26.0 Å². The number of fused-ring (bicyclic) bond motifs is 1. The molecule has 19 heavy (non-hydrogen) atoms. The van der Waals surface area contributed by atoms with E-state index >= 15 is 0 Å². The average Bonchev–Trinajstić information content (AvgIpc) is 2.38. The van der Waals surface area contributed by atoms with Crippen molar-refractivity contribution in [3.63, 3.8) is 0 Å². The summed E-state index contributed by atoms with van der Waals surface area (Å²) in [4.78, 5) is 4.38. The molecule has 0 radical (unpaired) electrons. The molecule has 2 atom stereocenters. The van der Waals surface area contributed by atoms with Gasteiger partial charge in [0.25, 0.3) is 0 Å². The van der Waals surface area contributed by atoms with Crippen molar-refractivity contribution in [2.45, 2.75) is 18.6 Å². The molecule has 1 unspecified atom stereocenters. The van der Waals surface area contributed by atoms with E-state index in [1.54, 1.807) is 6.20 Å². The van der Waals surface area contributed by atoms with Gasteiger partial charge in [0.05, 0.1) is 11.8 Å². The third-order valence-electron chi connectivity index (χ3n) is 3.13. The summed E-state index contributed by atoms with van der Waals surface area (Å²) >= 11 is 6.86. The molecule has 1 aromatic carbocycles. The van der Waals surface area contributed by atoms with E-state index in [9.17, 15) is 5.11 Å². The van der Waals surface area contributed by atoms with E-state index < -0.39 is 6.10 Å². The molecule has 0 saturated heterocycles. The third-order valence-corrected chi connectivity index (χ3v) is 4.19. The van der Waals surface area contributed by atoms with E-state index in [2.05, 4.69) is 36.8 Å². The van der Waals surface area contributed by atoms with Gasteiger partial charge in [-0.1, -0.05) is 18.2 Å². The molecule has 1 N–H and O–H groups in total. The molecular weight excluding hydrogens is 374 g/mol. The normalized spacial score (nSPS) is 21.6. The molecule has 0 saturated carbocycles. The molecule has 1 aliphatic heterocycles. The lowest BCUT2D eigenvalue weighted by Gasteiger charge is -2.29. The van der Waals surface area contributed by atoms with Crippen molar-refractivity contribution in [1.29, 1.82) is 0 Å². The Kier molecular flexibility index (Phi) is 3.60. The van der Waals surface area contributed by atoms with Crippen LogP contribution >= 0.6 is 31.9 Å². The molecule has 2 aromatic rings. The summed E-state index contributed by atoms with van der Waals surface area (Å²) < 4.78 is 7.72. The van der Waals surface area contributed by atoms with Crippen molar-refractivity contribution in [2.24, 2.45) is 0 Å². The van der Waals surface area contributed by atoms with Crippen LogP contribution in [0.5, 0.6) is 5.75 Å². The summed E-state index contributed by atoms with van der Waals surface area (Å²) in [5.74, 6) is 0.725.